The predicted octanol–water partition coefficient (Wildman–Crippen LogP) is 3.67. The van der Waals surface area contributed by atoms with Gasteiger partial charge in [-0.3, -0.25) is 9.78 Å². The average Bonchev–Trinajstić information content (AvgIpc) is 3.42. The highest BCUT2D eigenvalue weighted by Crippen LogP contribution is 2.51. The van der Waals surface area contributed by atoms with E-state index in [4.69, 9.17) is 23.2 Å². The van der Waals surface area contributed by atoms with Crippen LogP contribution in [-0.4, -0.2) is 35.4 Å². The second-order valence-corrected chi connectivity index (χ2v) is 7.50. The van der Waals surface area contributed by atoms with Gasteiger partial charge < -0.3 is 10.2 Å². The fourth-order valence-corrected chi connectivity index (χ4v) is 4.21. The second kappa shape index (κ2) is 6.94. The molecule has 1 aromatic heterocycles. The van der Waals surface area contributed by atoms with Gasteiger partial charge in [-0.1, -0.05) is 35.3 Å². The van der Waals surface area contributed by atoms with Crippen LogP contribution < -0.4 is 5.32 Å². The Morgan fingerprint density at radius 2 is 2.16 bits per heavy atom. The number of nitrogens with one attached hydrogen (secondary N) is 1. The first-order valence-electron chi connectivity index (χ1n) is 8.51. The van der Waals surface area contributed by atoms with Crippen molar-refractivity contribution < 1.29 is 4.79 Å². The molecular formula is C19H19Cl2N3O. The van der Waals surface area contributed by atoms with E-state index < -0.39 is 0 Å². The van der Waals surface area contributed by atoms with E-state index in [1.807, 2.05) is 35.4 Å². The maximum atomic E-state index is 13.1. The van der Waals surface area contributed by atoms with E-state index in [1.165, 1.54) is 0 Å². The molecule has 1 saturated carbocycles. The van der Waals surface area contributed by atoms with E-state index in [-0.39, 0.29) is 23.8 Å². The van der Waals surface area contributed by atoms with E-state index in [0.29, 0.717) is 10.0 Å². The van der Waals surface area contributed by atoms with Gasteiger partial charge in [0.25, 0.3) is 0 Å². The Morgan fingerprint density at radius 1 is 1.28 bits per heavy atom. The minimum Gasteiger partial charge on any atom is -0.333 e. The van der Waals surface area contributed by atoms with E-state index in [1.54, 1.807) is 12.3 Å². The zero-order valence-electron chi connectivity index (χ0n) is 13.7. The van der Waals surface area contributed by atoms with Gasteiger partial charge in [-0.15, -0.1) is 0 Å². The molecule has 6 heteroatoms. The third-order valence-corrected chi connectivity index (χ3v) is 5.63. The SMILES string of the molecule is O=C(C1CC1c1ccc(Cl)cc1Cl)N1CCNCC1c1cccnc1. The van der Waals surface area contributed by atoms with Crippen LogP contribution in [0.3, 0.4) is 0 Å². The Bertz CT molecular complexity index is 783. The molecule has 1 aliphatic carbocycles. The maximum Gasteiger partial charge on any atom is 0.226 e. The Balaban J connectivity index is 1.52. The van der Waals surface area contributed by atoms with E-state index in [0.717, 1.165) is 37.2 Å². The molecule has 1 N–H and O–H groups in total. The topological polar surface area (TPSA) is 45.2 Å². The molecule has 0 spiro atoms. The van der Waals surface area contributed by atoms with Gasteiger partial charge in [0.2, 0.25) is 5.91 Å². The molecule has 25 heavy (non-hydrogen) atoms. The van der Waals surface area contributed by atoms with Crippen molar-refractivity contribution >= 4 is 29.1 Å². The summed E-state index contributed by atoms with van der Waals surface area (Å²) in [5.41, 5.74) is 2.10. The summed E-state index contributed by atoms with van der Waals surface area (Å²) >= 11 is 12.3. The zero-order valence-corrected chi connectivity index (χ0v) is 15.2. The summed E-state index contributed by atoms with van der Waals surface area (Å²) < 4.78 is 0. The molecule has 2 aliphatic rings. The van der Waals surface area contributed by atoms with Crippen LogP contribution in [-0.2, 0) is 4.79 Å². The van der Waals surface area contributed by atoms with Crippen molar-refractivity contribution in [2.75, 3.05) is 19.6 Å². The van der Waals surface area contributed by atoms with Crippen molar-refractivity contribution in [3.63, 3.8) is 0 Å². The van der Waals surface area contributed by atoms with Crippen LogP contribution in [0.5, 0.6) is 0 Å². The van der Waals surface area contributed by atoms with E-state index >= 15 is 0 Å². The highest BCUT2D eigenvalue weighted by Gasteiger charge is 2.48. The lowest BCUT2D eigenvalue weighted by Crippen LogP contribution is -2.49. The van der Waals surface area contributed by atoms with Gasteiger partial charge in [0.15, 0.2) is 0 Å². The number of piperazine rings is 1. The number of halogens is 2. The Labute approximate surface area is 157 Å². The smallest absolute Gasteiger partial charge is 0.226 e. The first-order valence-corrected chi connectivity index (χ1v) is 9.27. The highest BCUT2D eigenvalue weighted by atomic mass is 35.5. The number of nitrogens with zero attached hydrogens (tertiary/aromatic N) is 2. The van der Waals surface area contributed by atoms with E-state index in [2.05, 4.69) is 10.3 Å². The Hall–Kier alpha value is -1.62. The highest BCUT2D eigenvalue weighted by molar-refractivity contribution is 6.35. The fourth-order valence-electron chi connectivity index (χ4n) is 3.67. The lowest BCUT2D eigenvalue weighted by atomic mass is 10.0. The van der Waals surface area contributed by atoms with Crippen molar-refractivity contribution in [2.24, 2.45) is 5.92 Å². The van der Waals surface area contributed by atoms with Gasteiger partial charge in [0, 0.05) is 48.0 Å². The molecule has 0 radical (unpaired) electrons. The first-order chi connectivity index (χ1) is 12.1. The number of rotatable bonds is 3. The number of amides is 1. The molecule has 4 rings (SSSR count). The zero-order chi connectivity index (χ0) is 17.4. The summed E-state index contributed by atoms with van der Waals surface area (Å²) in [7, 11) is 0. The van der Waals surface area contributed by atoms with Gasteiger partial charge in [-0.25, -0.2) is 0 Å². The molecule has 2 heterocycles. The van der Waals surface area contributed by atoms with Crippen molar-refractivity contribution in [2.45, 2.75) is 18.4 Å². The molecule has 3 unspecified atom stereocenters. The van der Waals surface area contributed by atoms with Crippen LogP contribution in [0, 0.1) is 5.92 Å². The monoisotopic (exact) mass is 375 g/mol. The molecule has 3 atom stereocenters. The standard InChI is InChI=1S/C19H19Cl2N3O/c20-13-3-4-14(17(21)8-13)15-9-16(15)19(25)24-7-6-23-11-18(24)12-2-1-5-22-10-12/h1-5,8,10,15-16,18,23H,6-7,9,11H2. The molecule has 2 aromatic rings. The number of aromatic nitrogens is 1. The van der Waals surface area contributed by atoms with Crippen LogP contribution in [0.2, 0.25) is 10.0 Å². The molecule has 130 valence electrons. The molecule has 1 amide bonds. The molecule has 1 saturated heterocycles. The molecule has 1 aromatic carbocycles. The maximum absolute atomic E-state index is 13.1. The third kappa shape index (κ3) is 3.39. The van der Waals surface area contributed by atoms with Crippen molar-refractivity contribution in [1.82, 2.24) is 15.2 Å². The summed E-state index contributed by atoms with van der Waals surface area (Å²) in [6.07, 6.45) is 4.45. The number of benzene rings is 1. The molecule has 0 bridgehead atoms. The van der Waals surface area contributed by atoms with Crippen LogP contribution in [0.25, 0.3) is 0 Å². The van der Waals surface area contributed by atoms with Gasteiger partial charge in [-0.2, -0.15) is 0 Å². The number of carbonyl (C=O) groups is 1. The van der Waals surface area contributed by atoms with Gasteiger partial charge in [0.05, 0.1) is 6.04 Å². The van der Waals surface area contributed by atoms with Crippen molar-refractivity contribution in [3.05, 3.63) is 63.9 Å². The van der Waals surface area contributed by atoms with Crippen LogP contribution in [0.1, 0.15) is 29.5 Å². The number of pyridine rings is 1. The number of carbonyl (C=O) groups excluding carboxylic acids is 1. The lowest BCUT2D eigenvalue weighted by Gasteiger charge is -2.36. The lowest BCUT2D eigenvalue weighted by molar-refractivity contribution is -0.136. The van der Waals surface area contributed by atoms with Gasteiger partial charge >= 0.3 is 0 Å². The minimum atomic E-state index is 0.0101. The summed E-state index contributed by atoms with van der Waals surface area (Å²) in [6, 6.07) is 9.52. The summed E-state index contributed by atoms with van der Waals surface area (Å²) in [4.78, 5) is 19.3. The van der Waals surface area contributed by atoms with Crippen molar-refractivity contribution in [3.8, 4) is 0 Å². The molecular weight excluding hydrogens is 357 g/mol. The Kier molecular flexibility index (Phi) is 4.67. The van der Waals surface area contributed by atoms with Crippen LogP contribution in [0.15, 0.2) is 42.7 Å². The van der Waals surface area contributed by atoms with Crippen molar-refractivity contribution in [1.29, 1.82) is 0 Å². The van der Waals surface area contributed by atoms with Gasteiger partial charge in [0.1, 0.15) is 0 Å². The Morgan fingerprint density at radius 3 is 2.92 bits per heavy atom. The van der Waals surface area contributed by atoms with Crippen LogP contribution >= 0.6 is 23.2 Å². The quantitative estimate of drug-likeness (QED) is 0.889. The summed E-state index contributed by atoms with van der Waals surface area (Å²) in [5.74, 6) is 0.420. The predicted molar refractivity (Wildman–Crippen MR) is 98.9 cm³/mol. The largest absolute Gasteiger partial charge is 0.333 e. The third-order valence-electron chi connectivity index (χ3n) is 5.07. The fraction of sp³-hybridized carbons (Fsp3) is 0.368. The molecule has 4 nitrogen and oxygen atoms in total. The summed E-state index contributed by atoms with van der Waals surface area (Å²) in [6.45, 7) is 2.30. The first kappa shape index (κ1) is 16.8. The van der Waals surface area contributed by atoms with Crippen LogP contribution in [0.4, 0.5) is 0 Å². The molecule has 1 aliphatic heterocycles. The number of hydrogen-bond acceptors (Lipinski definition) is 3. The van der Waals surface area contributed by atoms with E-state index in [9.17, 15) is 4.79 Å². The second-order valence-electron chi connectivity index (χ2n) is 6.65. The average molecular weight is 376 g/mol. The minimum absolute atomic E-state index is 0.0101. The number of hydrogen-bond donors (Lipinski definition) is 1. The normalized spacial score (nSPS) is 25.7. The molecule has 2 fully saturated rings. The van der Waals surface area contributed by atoms with Gasteiger partial charge in [-0.05, 0) is 41.7 Å². The summed E-state index contributed by atoms with van der Waals surface area (Å²) in [5, 5.41) is 4.65.